The normalized spacial score (nSPS) is 12.2. The van der Waals surface area contributed by atoms with Crippen LogP contribution < -0.4 is 5.32 Å². The molecule has 1 N–H and O–H groups in total. The molecule has 2 rings (SSSR count). The summed E-state index contributed by atoms with van der Waals surface area (Å²) in [6.45, 7) is 3.90. The van der Waals surface area contributed by atoms with Crippen LogP contribution in [0.25, 0.3) is 0 Å². The number of rotatable bonds is 3. The number of nitrogens with zero attached hydrogens (tertiary/aromatic N) is 1. The zero-order chi connectivity index (χ0) is 14.0. The lowest BCUT2D eigenvalue weighted by Crippen LogP contribution is -2.26. The molecule has 1 unspecified atom stereocenters. The van der Waals surface area contributed by atoms with Crippen molar-refractivity contribution in [2.75, 3.05) is 0 Å². The molecule has 1 amide bonds. The molecule has 0 aliphatic carbocycles. The molecule has 0 aliphatic rings. The minimum Gasteiger partial charge on any atom is -0.343 e. The van der Waals surface area contributed by atoms with Crippen molar-refractivity contribution < 1.29 is 4.79 Å². The monoisotopic (exact) mass is 358 g/mol. The average molecular weight is 360 g/mol. The van der Waals surface area contributed by atoms with Gasteiger partial charge in [-0.2, -0.15) is 0 Å². The second-order valence-electron chi connectivity index (χ2n) is 4.13. The third kappa shape index (κ3) is 3.55. The van der Waals surface area contributed by atoms with Crippen LogP contribution in [0.4, 0.5) is 0 Å². The summed E-state index contributed by atoms with van der Waals surface area (Å²) in [7, 11) is 0. The number of halogens is 2. The zero-order valence-electron chi connectivity index (χ0n) is 10.4. The Morgan fingerprint density at radius 2 is 2.26 bits per heavy atom. The molecule has 1 heterocycles. The Hall–Kier alpha value is -0.910. The first-order valence-electron chi connectivity index (χ1n) is 5.65. The molecule has 0 spiro atoms. The Bertz CT molecular complexity index is 614. The Kier molecular flexibility index (Phi) is 4.60. The van der Waals surface area contributed by atoms with Gasteiger partial charge in [-0.3, -0.25) is 4.79 Å². The van der Waals surface area contributed by atoms with Crippen molar-refractivity contribution in [1.82, 2.24) is 10.3 Å². The van der Waals surface area contributed by atoms with E-state index >= 15 is 0 Å². The summed E-state index contributed by atoms with van der Waals surface area (Å²) in [5.41, 5.74) is 0.535. The van der Waals surface area contributed by atoms with E-state index in [1.54, 1.807) is 35.7 Å². The van der Waals surface area contributed by atoms with Crippen LogP contribution in [0.3, 0.4) is 0 Å². The number of carbonyl (C=O) groups excluding carboxylic acids is 1. The van der Waals surface area contributed by atoms with E-state index in [9.17, 15) is 4.79 Å². The molecule has 19 heavy (non-hydrogen) atoms. The summed E-state index contributed by atoms with van der Waals surface area (Å²) >= 11 is 10.9. The maximum Gasteiger partial charge on any atom is 0.251 e. The fraction of sp³-hybridized carbons (Fsp3) is 0.231. The number of nitrogens with one attached hydrogen (secondary N) is 1. The van der Waals surface area contributed by atoms with Crippen LogP contribution in [0.5, 0.6) is 0 Å². The van der Waals surface area contributed by atoms with E-state index in [-0.39, 0.29) is 11.9 Å². The van der Waals surface area contributed by atoms with Gasteiger partial charge in [0, 0.05) is 21.1 Å². The van der Waals surface area contributed by atoms with Crippen LogP contribution in [0.15, 0.2) is 28.9 Å². The van der Waals surface area contributed by atoms with Gasteiger partial charge in [0.1, 0.15) is 5.01 Å². The lowest BCUT2D eigenvalue weighted by atomic mass is 10.2. The van der Waals surface area contributed by atoms with Crippen LogP contribution in [0.1, 0.15) is 33.2 Å². The van der Waals surface area contributed by atoms with Crippen molar-refractivity contribution in [3.63, 3.8) is 0 Å². The molecule has 0 radical (unpaired) electrons. The van der Waals surface area contributed by atoms with Crippen molar-refractivity contribution in [2.45, 2.75) is 19.9 Å². The molecule has 1 atom stereocenters. The number of hydrogen-bond donors (Lipinski definition) is 1. The van der Waals surface area contributed by atoms with E-state index < -0.39 is 0 Å². The van der Waals surface area contributed by atoms with Gasteiger partial charge in [-0.15, -0.1) is 11.3 Å². The van der Waals surface area contributed by atoms with Crippen LogP contribution in [-0.4, -0.2) is 10.9 Å². The molecule has 0 saturated carbocycles. The topological polar surface area (TPSA) is 42.0 Å². The highest BCUT2D eigenvalue weighted by molar-refractivity contribution is 9.10. The second kappa shape index (κ2) is 6.03. The number of carbonyl (C=O) groups is 1. The average Bonchev–Trinajstić information content (AvgIpc) is 2.79. The molecule has 0 bridgehead atoms. The molecule has 2 aromatic rings. The van der Waals surface area contributed by atoms with Crippen LogP contribution in [0, 0.1) is 6.92 Å². The quantitative estimate of drug-likeness (QED) is 0.885. The number of benzene rings is 1. The predicted molar refractivity (Wildman–Crippen MR) is 81.9 cm³/mol. The number of aromatic nitrogens is 1. The van der Waals surface area contributed by atoms with Gasteiger partial charge in [0.25, 0.3) is 5.91 Å². The summed E-state index contributed by atoms with van der Waals surface area (Å²) in [6.07, 6.45) is 1.80. The van der Waals surface area contributed by atoms with E-state index in [4.69, 9.17) is 11.6 Å². The molecule has 1 aromatic heterocycles. The SMILES string of the molecule is Cc1cnc(C(C)NC(=O)c2ccc(Br)c(Cl)c2)s1. The Morgan fingerprint density at radius 3 is 2.84 bits per heavy atom. The Morgan fingerprint density at radius 1 is 1.53 bits per heavy atom. The summed E-state index contributed by atoms with van der Waals surface area (Å²) in [6, 6.07) is 5.01. The van der Waals surface area contributed by atoms with Gasteiger partial charge in [-0.05, 0) is 48.0 Å². The summed E-state index contributed by atoms with van der Waals surface area (Å²) in [4.78, 5) is 17.5. The van der Waals surface area contributed by atoms with Gasteiger partial charge in [0.15, 0.2) is 0 Å². The van der Waals surface area contributed by atoms with Gasteiger partial charge in [-0.25, -0.2) is 4.98 Å². The largest absolute Gasteiger partial charge is 0.343 e. The van der Waals surface area contributed by atoms with Crippen molar-refractivity contribution in [3.05, 3.63) is 49.3 Å². The number of aryl methyl sites for hydroxylation is 1. The number of thiazole rings is 1. The summed E-state index contributed by atoms with van der Waals surface area (Å²) in [5, 5.41) is 4.32. The molecule has 1 aromatic carbocycles. The van der Waals surface area contributed by atoms with Gasteiger partial charge >= 0.3 is 0 Å². The highest BCUT2D eigenvalue weighted by Crippen LogP contribution is 2.24. The first kappa shape index (κ1) is 14.5. The molecular weight excluding hydrogens is 348 g/mol. The van der Waals surface area contributed by atoms with E-state index in [1.807, 2.05) is 13.8 Å². The van der Waals surface area contributed by atoms with Crippen LogP contribution in [0.2, 0.25) is 5.02 Å². The summed E-state index contributed by atoms with van der Waals surface area (Å²) in [5.74, 6) is -0.158. The van der Waals surface area contributed by atoms with Crippen molar-refractivity contribution in [2.24, 2.45) is 0 Å². The zero-order valence-corrected chi connectivity index (χ0v) is 13.6. The highest BCUT2D eigenvalue weighted by atomic mass is 79.9. The maximum absolute atomic E-state index is 12.1. The third-order valence-corrected chi connectivity index (χ3v) is 4.87. The molecule has 3 nitrogen and oxygen atoms in total. The van der Waals surface area contributed by atoms with Gasteiger partial charge < -0.3 is 5.32 Å². The van der Waals surface area contributed by atoms with Crippen LogP contribution in [-0.2, 0) is 0 Å². The number of hydrogen-bond acceptors (Lipinski definition) is 3. The maximum atomic E-state index is 12.1. The van der Waals surface area contributed by atoms with Crippen LogP contribution >= 0.6 is 38.9 Å². The molecule has 0 saturated heterocycles. The first-order valence-corrected chi connectivity index (χ1v) is 7.64. The first-order chi connectivity index (χ1) is 8.97. The molecular formula is C13H12BrClN2OS. The fourth-order valence-corrected chi connectivity index (χ4v) is 2.76. The third-order valence-electron chi connectivity index (χ3n) is 2.54. The minimum absolute atomic E-state index is 0.117. The van der Waals surface area contributed by atoms with Crippen molar-refractivity contribution in [3.8, 4) is 0 Å². The second-order valence-corrected chi connectivity index (χ2v) is 6.66. The molecule has 0 aliphatic heterocycles. The fourth-order valence-electron chi connectivity index (χ4n) is 1.55. The molecule has 100 valence electrons. The minimum atomic E-state index is -0.158. The van der Waals surface area contributed by atoms with E-state index in [0.29, 0.717) is 10.6 Å². The van der Waals surface area contributed by atoms with Crippen molar-refractivity contribution in [1.29, 1.82) is 0 Å². The number of amides is 1. The van der Waals surface area contributed by atoms with Gasteiger partial charge in [-0.1, -0.05) is 11.6 Å². The summed E-state index contributed by atoms with van der Waals surface area (Å²) < 4.78 is 0.773. The van der Waals surface area contributed by atoms with Gasteiger partial charge in [0.05, 0.1) is 11.1 Å². The standard InChI is InChI=1S/C13H12BrClN2OS/c1-7-6-16-13(19-7)8(2)17-12(18)9-3-4-10(14)11(15)5-9/h3-6,8H,1-2H3,(H,17,18). The molecule has 0 fully saturated rings. The Labute approximate surface area is 129 Å². The predicted octanol–water partition coefficient (Wildman–Crippen LogP) is 4.36. The lowest BCUT2D eigenvalue weighted by molar-refractivity contribution is 0.0940. The van der Waals surface area contributed by atoms with E-state index in [0.717, 1.165) is 14.4 Å². The Balaban J connectivity index is 2.10. The smallest absolute Gasteiger partial charge is 0.251 e. The van der Waals surface area contributed by atoms with Gasteiger partial charge in [0.2, 0.25) is 0 Å². The van der Waals surface area contributed by atoms with E-state index in [1.165, 1.54) is 0 Å². The van der Waals surface area contributed by atoms with Crippen molar-refractivity contribution >= 4 is 44.8 Å². The molecule has 6 heteroatoms. The van der Waals surface area contributed by atoms with E-state index in [2.05, 4.69) is 26.2 Å². The lowest BCUT2D eigenvalue weighted by Gasteiger charge is -2.11. The highest BCUT2D eigenvalue weighted by Gasteiger charge is 2.14.